The van der Waals surface area contributed by atoms with Crippen molar-refractivity contribution in [2.75, 3.05) is 39.5 Å². The summed E-state index contributed by atoms with van der Waals surface area (Å²) >= 11 is 0. The molecule has 0 spiro atoms. The van der Waals surface area contributed by atoms with Gasteiger partial charge in [0.2, 0.25) is 0 Å². The highest BCUT2D eigenvalue weighted by molar-refractivity contribution is 7.85. The average Bonchev–Trinajstić information content (AvgIpc) is 1.96. The number of nitrogens with zero attached hydrogens (tertiary/aromatic N) is 1. The van der Waals surface area contributed by atoms with E-state index in [0.29, 0.717) is 24.1 Å². The summed E-state index contributed by atoms with van der Waals surface area (Å²) in [4.78, 5) is 0. The van der Waals surface area contributed by atoms with Crippen LogP contribution in [0.15, 0.2) is 0 Å². The summed E-state index contributed by atoms with van der Waals surface area (Å²) in [6.45, 7) is 8.18. The van der Waals surface area contributed by atoms with Crippen LogP contribution in [0.25, 0.3) is 0 Å². The Morgan fingerprint density at radius 3 is 2.12 bits per heavy atom. The van der Waals surface area contributed by atoms with Crippen LogP contribution in [0.4, 0.5) is 0 Å². The molecule has 0 radical (unpaired) electrons. The lowest BCUT2D eigenvalue weighted by molar-refractivity contribution is -0.890. The highest BCUT2D eigenvalue weighted by Gasteiger charge is 2.18. The zero-order valence-electron chi connectivity index (χ0n) is 11.6. The minimum atomic E-state index is -3.83. The summed E-state index contributed by atoms with van der Waals surface area (Å²) in [5, 5.41) is 0. The lowest BCUT2D eigenvalue weighted by atomic mass is 10.2. The second kappa shape index (κ2) is 6.13. The quantitative estimate of drug-likeness (QED) is 0.556. The maximum atomic E-state index is 10.6. The largest absolute Gasteiger partial charge is 0.370 e. The van der Waals surface area contributed by atoms with Gasteiger partial charge in [-0.25, -0.2) is 0 Å². The third-order valence-corrected chi connectivity index (χ3v) is 3.20. The Hall–Kier alpha value is -0.170. The number of rotatable bonds is 7. The van der Waals surface area contributed by atoms with Gasteiger partial charge in [0.1, 0.15) is 6.54 Å². The van der Waals surface area contributed by atoms with Crippen LogP contribution in [0.3, 0.4) is 0 Å². The minimum Gasteiger partial charge on any atom is -0.370 e. The van der Waals surface area contributed by atoms with Crippen LogP contribution in [0.2, 0.25) is 0 Å². The van der Waals surface area contributed by atoms with E-state index in [2.05, 4.69) is 0 Å². The van der Waals surface area contributed by atoms with Crippen LogP contribution < -0.4 is 0 Å². The van der Waals surface area contributed by atoms with E-state index in [-0.39, 0.29) is 11.4 Å². The first-order chi connectivity index (χ1) is 7.41. The van der Waals surface area contributed by atoms with Gasteiger partial charge < -0.3 is 9.22 Å². The van der Waals surface area contributed by atoms with E-state index in [1.54, 1.807) is 0 Å². The molecule has 17 heavy (non-hydrogen) atoms. The first kappa shape index (κ1) is 16.8. The van der Waals surface area contributed by atoms with Gasteiger partial charge >= 0.3 is 0 Å². The molecule has 0 bridgehead atoms. The maximum Gasteiger partial charge on any atom is 0.265 e. The van der Waals surface area contributed by atoms with Crippen LogP contribution in [0.5, 0.6) is 0 Å². The van der Waals surface area contributed by atoms with Gasteiger partial charge in [-0.05, 0) is 20.8 Å². The Morgan fingerprint density at radius 1 is 1.18 bits per heavy atom. The molecule has 0 aliphatic rings. The van der Waals surface area contributed by atoms with E-state index in [0.717, 1.165) is 6.54 Å². The van der Waals surface area contributed by atoms with Crippen molar-refractivity contribution < 1.29 is 22.2 Å². The van der Waals surface area contributed by atoms with Gasteiger partial charge in [-0.15, -0.1) is 0 Å². The molecule has 0 saturated carbocycles. The van der Waals surface area contributed by atoms with Crippen molar-refractivity contribution in [2.24, 2.45) is 0 Å². The van der Waals surface area contributed by atoms with Crippen molar-refractivity contribution in [2.45, 2.75) is 32.8 Å². The highest BCUT2D eigenvalue weighted by atomic mass is 32.2. The molecular formula is C11H26NO4S+. The van der Waals surface area contributed by atoms with E-state index in [4.69, 9.17) is 9.29 Å². The van der Waals surface area contributed by atoms with E-state index < -0.39 is 10.1 Å². The highest BCUT2D eigenvalue weighted by Crippen LogP contribution is 2.08. The van der Waals surface area contributed by atoms with Crippen molar-refractivity contribution in [3.05, 3.63) is 0 Å². The molecule has 1 N–H and O–H groups in total. The van der Waals surface area contributed by atoms with Gasteiger partial charge in [0, 0.05) is 6.42 Å². The van der Waals surface area contributed by atoms with Gasteiger partial charge in [0.25, 0.3) is 10.1 Å². The number of ether oxygens (including phenoxy) is 1. The summed E-state index contributed by atoms with van der Waals surface area (Å²) in [5.41, 5.74) is -0.144. The molecule has 0 heterocycles. The summed E-state index contributed by atoms with van der Waals surface area (Å²) in [5.74, 6) is -0.172. The summed E-state index contributed by atoms with van der Waals surface area (Å²) < 4.78 is 36.1. The first-order valence-electron chi connectivity index (χ1n) is 5.82. The number of hydrogen-bond donors (Lipinski definition) is 1. The zero-order chi connectivity index (χ0) is 13.7. The number of hydrogen-bond acceptors (Lipinski definition) is 3. The molecule has 0 unspecified atom stereocenters. The molecule has 0 aliphatic heterocycles. The molecule has 0 aromatic carbocycles. The fourth-order valence-electron chi connectivity index (χ4n) is 1.39. The van der Waals surface area contributed by atoms with Crippen molar-refractivity contribution >= 4 is 10.1 Å². The fourth-order valence-corrected chi connectivity index (χ4v) is 1.88. The molecule has 5 nitrogen and oxygen atoms in total. The predicted octanol–water partition coefficient (Wildman–Crippen LogP) is 1.16. The molecular weight excluding hydrogens is 242 g/mol. The topological polar surface area (TPSA) is 63.6 Å². The van der Waals surface area contributed by atoms with Crippen molar-refractivity contribution in [1.82, 2.24) is 0 Å². The normalized spacial score (nSPS) is 14.0. The Labute approximate surface area is 105 Å². The molecule has 6 heteroatoms. The Bertz CT molecular complexity index is 317. The van der Waals surface area contributed by atoms with E-state index in [1.165, 1.54) is 0 Å². The van der Waals surface area contributed by atoms with Gasteiger partial charge in [-0.2, -0.15) is 8.42 Å². The van der Waals surface area contributed by atoms with Crippen LogP contribution >= 0.6 is 0 Å². The monoisotopic (exact) mass is 268 g/mol. The molecule has 0 atom stereocenters. The second-order valence-corrected chi connectivity index (χ2v) is 7.56. The maximum absolute atomic E-state index is 10.6. The first-order valence-corrected chi connectivity index (χ1v) is 7.43. The Kier molecular flexibility index (Phi) is 6.07. The molecule has 0 aromatic rings. The molecule has 0 fully saturated rings. The lowest BCUT2D eigenvalue weighted by Crippen LogP contribution is -2.44. The standard InChI is InChI=1S/C11H25NO4S/c1-11(2,3)16-9-8-12(4,5)7-6-10-17(13,14)15/h6-10H2,1-5H3/p+1. The van der Waals surface area contributed by atoms with Gasteiger partial charge in [0.15, 0.2) is 0 Å². The smallest absolute Gasteiger partial charge is 0.265 e. The van der Waals surface area contributed by atoms with Crippen LogP contribution in [0, 0.1) is 0 Å². The average molecular weight is 268 g/mol. The third-order valence-electron chi connectivity index (χ3n) is 2.40. The summed E-state index contributed by atoms with van der Waals surface area (Å²) in [7, 11) is 0.216. The summed E-state index contributed by atoms with van der Waals surface area (Å²) in [6, 6.07) is 0. The van der Waals surface area contributed by atoms with E-state index in [9.17, 15) is 8.42 Å². The predicted molar refractivity (Wildman–Crippen MR) is 68.6 cm³/mol. The molecule has 0 saturated heterocycles. The van der Waals surface area contributed by atoms with Crippen molar-refractivity contribution in [1.29, 1.82) is 0 Å². The van der Waals surface area contributed by atoms with Crippen LogP contribution in [-0.4, -0.2) is 62.6 Å². The van der Waals surface area contributed by atoms with E-state index >= 15 is 0 Å². The number of quaternary nitrogens is 1. The van der Waals surface area contributed by atoms with Gasteiger partial charge in [-0.1, -0.05) is 0 Å². The van der Waals surface area contributed by atoms with Crippen molar-refractivity contribution in [3.8, 4) is 0 Å². The minimum absolute atomic E-state index is 0.144. The Morgan fingerprint density at radius 2 is 1.71 bits per heavy atom. The molecule has 104 valence electrons. The van der Waals surface area contributed by atoms with Gasteiger partial charge in [0.05, 0.1) is 38.6 Å². The molecule has 0 aliphatic carbocycles. The van der Waals surface area contributed by atoms with Crippen LogP contribution in [-0.2, 0) is 14.9 Å². The summed E-state index contributed by atoms with van der Waals surface area (Å²) in [6.07, 6.45) is 0.460. The number of likely N-dealkylation sites (N-methyl/N-ethyl adjacent to an activating group) is 1. The zero-order valence-corrected chi connectivity index (χ0v) is 12.4. The van der Waals surface area contributed by atoms with E-state index in [1.807, 2.05) is 34.9 Å². The van der Waals surface area contributed by atoms with Gasteiger partial charge in [-0.3, -0.25) is 4.55 Å². The molecule has 0 amide bonds. The fraction of sp³-hybridized carbons (Fsp3) is 1.00. The molecule has 0 aromatic heterocycles. The SMILES string of the molecule is CC(C)(C)OCC[N+](C)(C)CCCS(=O)(=O)O. The molecule has 0 rings (SSSR count). The van der Waals surface area contributed by atoms with Crippen LogP contribution in [0.1, 0.15) is 27.2 Å². The second-order valence-electron chi connectivity index (χ2n) is 5.98. The Balaban J connectivity index is 3.88. The third kappa shape index (κ3) is 12.1. The lowest BCUT2D eigenvalue weighted by Gasteiger charge is -2.31. The van der Waals surface area contributed by atoms with Crippen molar-refractivity contribution in [3.63, 3.8) is 0 Å².